The molecule has 0 aliphatic rings. The van der Waals surface area contributed by atoms with Crippen LogP contribution in [0.1, 0.15) is 16.7 Å². The highest BCUT2D eigenvalue weighted by Gasteiger charge is 2.02. The molecule has 0 radical (unpaired) electrons. The number of amides is 2. The van der Waals surface area contributed by atoms with Crippen LogP contribution in [0, 0.1) is 13.8 Å². The average Bonchev–Trinajstić information content (AvgIpc) is 2.62. The van der Waals surface area contributed by atoms with E-state index >= 15 is 0 Å². The van der Waals surface area contributed by atoms with E-state index in [0.717, 1.165) is 34.6 Å². The van der Waals surface area contributed by atoms with Crippen molar-refractivity contribution < 1.29 is 14.3 Å². The van der Waals surface area contributed by atoms with E-state index in [1.54, 1.807) is 7.11 Å². The van der Waals surface area contributed by atoms with Crippen molar-refractivity contribution >= 4 is 6.03 Å². The summed E-state index contributed by atoms with van der Waals surface area (Å²) in [5.74, 6) is 1.69. The van der Waals surface area contributed by atoms with Crippen LogP contribution < -0.4 is 20.1 Å². The van der Waals surface area contributed by atoms with Gasteiger partial charge in [-0.3, -0.25) is 0 Å². The van der Waals surface area contributed by atoms with Crippen LogP contribution in [0.2, 0.25) is 0 Å². The summed E-state index contributed by atoms with van der Waals surface area (Å²) < 4.78 is 10.8. The van der Waals surface area contributed by atoms with Gasteiger partial charge in [-0.05, 0) is 55.2 Å². The third-order valence-corrected chi connectivity index (χ3v) is 3.85. The molecule has 0 heterocycles. The van der Waals surface area contributed by atoms with Crippen LogP contribution in [-0.4, -0.2) is 32.8 Å². The fourth-order valence-electron chi connectivity index (χ4n) is 2.36. The average molecular weight is 342 g/mol. The molecule has 2 aromatic carbocycles. The number of hydrogen-bond acceptors (Lipinski definition) is 3. The van der Waals surface area contributed by atoms with Gasteiger partial charge < -0.3 is 20.1 Å². The summed E-state index contributed by atoms with van der Waals surface area (Å²) in [6, 6.07) is 13.7. The summed E-state index contributed by atoms with van der Waals surface area (Å²) in [7, 11) is 1.64. The van der Waals surface area contributed by atoms with Crippen LogP contribution in [0.4, 0.5) is 4.79 Å². The van der Waals surface area contributed by atoms with Gasteiger partial charge in [0.25, 0.3) is 0 Å². The zero-order valence-corrected chi connectivity index (χ0v) is 15.1. The molecule has 5 nitrogen and oxygen atoms in total. The summed E-state index contributed by atoms with van der Waals surface area (Å²) in [5, 5.41) is 5.64. The number of methoxy groups -OCH3 is 1. The van der Waals surface area contributed by atoms with Crippen LogP contribution >= 0.6 is 0 Å². The van der Waals surface area contributed by atoms with Gasteiger partial charge in [0.1, 0.15) is 18.1 Å². The van der Waals surface area contributed by atoms with Crippen LogP contribution in [-0.2, 0) is 6.42 Å². The molecule has 0 aromatic heterocycles. The van der Waals surface area contributed by atoms with Crippen molar-refractivity contribution in [2.75, 3.05) is 26.8 Å². The smallest absolute Gasteiger partial charge is 0.314 e. The maximum Gasteiger partial charge on any atom is 0.314 e. The maximum absolute atomic E-state index is 11.8. The first-order valence-corrected chi connectivity index (χ1v) is 8.43. The molecule has 0 aliphatic heterocycles. The SMILES string of the molecule is COc1ccc(CCNC(=O)NCCOc2cc(C)ccc2C)cc1. The first-order chi connectivity index (χ1) is 12.1. The number of rotatable bonds is 8. The second-order valence-electron chi connectivity index (χ2n) is 5.90. The van der Waals surface area contributed by atoms with E-state index in [0.29, 0.717) is 19.7 Å². The molecule has 0 unspecified atom stereocenters. The quantitative estimate of drug-likeness (QED) is 0.724. The highest BCUT2D eigenvalue weighted by molar-refractivity contribution is 5.73. The van der Waals surface area contributed by atoms with Gasteiger partial charge in [0.15, 0.2) is 0 Å². The van der Waals surface area contributed by atoms with Gasteiger partial charge in [-0.15, -0.1) is 0 Å². The summed E-state index contributed by atoms with van der Waals surface area (Å²) in [6.07, 6.45) is 0.774. The lowest BCUT2D eigenvalue weighted by molar-refractivity contribution is 0.236. The number of hydrogen-bond donors (Lipinski definition) is 2. The highest BCUT2D eigenvalue weighted by Crippen LogP contribution is 2.18. The van der Waals surface area contributed by atoms with Crippen LogP contribution in [0.15, 0.2) is 42.5 Å². The molecule has 2 amide bonds. The topological polar surface area (TPSA) is 59.6 Å². The van der Waals surface area contributed by atoms with Crippen molar-refractivity contribution in [3.63, 3.8) is 0 Å². The Kier molecular flexibility index (Phi) is 7.14. The Morgan fingerprint density at radius 1 is 1.00 bits per heavy atom. The molecule has 0 bridgehead atoms. The molecule has 2 aromatic rings. The van der Waals surface area contributed by atoms with Crippen LogP contribution in [0.3, 0.4) is 0 Å². The lowest BCUT2D eigenvalue weighted by Crippen LogP contribution is -2.38. The fourth-order valence-corrected chi connectivity index (χ4v) is 2.36. The molecule has 0 atom stereocenters. The zero-order chi connectivity index (χ0) is 18.1. The number of benzene rings is 2. The molecule has 0 aliphatic carbocycles. The van der Waals surface area contributed by atoms with Gasteiger partial charge in [-0.2, -0.15) is 0 Å². The van der Waals surface area contributed by atoms with E-state index in [1.807, 2.05) is 50.2 Å². The minimum atomic E-state index is -0.182. The monoisotopic (exact) mass is 342 g/mol. The first kappa shape index (κ1) is 18.6. The predicted molar refractivity (Wildman–Crippen MR) is 99.5 cm³/mol. The minimum absolute atomic E-state index is 0.182. The Morgan fingerprint density at radius 2 is 1.72 bits per heavy atom. The number of carbonyl (C=O) groups is 1. The molecular formula is C20H26N2O3. The largest absolute Gasteiger partial charge is 0.497 e. The lowest BCUT2D eigenvalue weighted by Gasteiger charge is -2.11. The number of urea groups is 1. The summed E-state index contributed by atoms with van der Waals surface area (Å²) >= 11 is 0. The van der Waals surface area contributed by atoms with Crippen molar-refractivity contribution in [1.29, 1.82) is 0 Å². The molecule has 5 heteroatoms. The van der Waals surface area contributed by atoms with Crippen molar-refractivity contribution in [2.24, 2.45) is 0 Å². The van der Waals surface area contributed by atoms with Crippen molar-refractivity contribution in [1.82, 2.24) is 10.6 Å². The normalized spacial score (nSPS) is 10.2. The Hall–Kier alpha value is -2.69. The summed E-state index contributed by atoms with van der Waals surface area (Å²) in [4.78, 5) is 11.8. The molecular weight excluding hydrogens is 316 g/mol. The molecule has 0 saturated carbocycles. The molecule has 2 rings (SSSR count). The van der Waals surface area contributed by atoms with Crippen molar-refractivity contribution in [2.45, 2.75) is 20.3 Å². The molecule has 0 saturated heterocycles. The van der Waals surface area contributed by atoms with E-state index < -0.39 is 0 Å². The van der Waals surface area contributed by atoms with Crippen LogP contribution in [0.5, 0.6) is 11.5 Å². The van der Waals surface area contributed by atoms with E-state index in [1.165, 1.54) is 0 Å². The molecule has 0 spiro atoms. The van der Waals surface area contributed by atoms with Gasteiger partial charge in [-0.25, -0.2) is 4.79 Å². The molecule has 134 valence electrons. The van der Waals surface area contributed by atoms with Gasteiger partial charge in [-0.1, -0.05) is 24.3 Å². The Balaban J connectivity index is 1.61. The molecule has 25 heavy (non-hydrogen) atoms. The number of carbonyl (C=O) groups excluding carboxylic acids is 1. The molecule has 2 N–H and O–H groups in total. The predicted octanol–water partition coefficient (Wildman–Crippen LogP) is 3.23. The van der Waals surface area contributed by atoms with E-state index in [-0.39, 0.29) is 6.03 Å². The van der Waals surface area contributed by atoms with Crippen molar-refractivity contribution in [3.8, 4) is 11.5 Å². The zero-order valence-electron chi connectivity index (χ0n) is 15.1. The van der Waals surface area contributed by atoms with E-state index in [2.05, 4.69) is 16.7 Å². The second-order valence-corrected chi connectivity index (χ2v) is 5.90. The van der Waals surface area contributed by atoms with Crippen LogP contribution in [0.25, 0.3) is 0 Å². The third kappa shape index (κ3) is 6.37. The summed E-state index contributed by atoms with van der Waals surface area (Å²) in [5.41, 5.74) is 3.40. The second kappa shape index (κ2) is 9.57. The van der Waals surface area contributed by atoms with E-state index in [9.17, 15) is 4.79 Å². The van der Waals surface area contributed by atoms with Gasteiger partial charge in [0.05, 0.1) is 13.7 Å². The van der Waals surface area contributed by atoms with Crippen molar-refractivity contribution in [3.05, 3.63) is 59.2 Å². The molecule has 0 fully saturated rings. The number of aryl methyl sites for hydroxylation is 2. The first-order valence-electron chi connectivity index (χ1n) is 8.43. The standard InChI is InChI=1S/C20H26N2O3/c1-15-4-5-16(2)19(14-15)25-13-12-22-20(23)21-11-10-17-6-8-18(24-3)9-7-17/h4-9,14H,10-13H2,1-3H3,(H2,21,22,23). The maximum atomic E-state index is 11.8. The van der Waals surface area contributed by atoms with Gasteiger partial charge >= 0.3 is 6.03 Å². The fraction of sp³-hybridized carbons (Fsp3) is 0.350. The summed E-state index contributed by atoms with van der Waals surface area (Å²) in [6.45, 7) is 5.52. The van der Waals surface area contributed by atoms with E-state index in [4.69, 9.17) is 9.47 Å². The Morgan fingerprint density at radius 3 is 2.44 bits per heavy atom. The Bertz CT molecular complexity index is 684. The lowest BCUT2D eigenvalue weighted by atomic mass is 10.1. The van der Waals surface area contributed by atoms with Gasteiger partial charge in [0.2, 0.25) is 0 Å². The Labute approximate surface area is 149 Å². The van der Waals surface area contributed by atoms with Gasteiger partial charge in [0, 0.05) is 6.54 Å². The number of nitrogens with one attached hydrogen (secondary N) is 2. The minimum Gasteiger partial charge on any atom is -0.497 e. The highest BCUT2D eigenvalue weighted by atomic mass is 16.5. The third-order valence-electron chi connectivity index (χ3n) is 3.85. The number of ether oxygens (including phenoxy) is 2.